The standard InChI is InChI=1S/C18H14F2N2OS2/c1-9(16(23)10-5-6-12(19)13(20)7-10)24-17-15-11-3-2-4-14(11)25-18(15)22-8-21-17/h5-9H,2-4H2,1H3/t9-/m1/s1. The minimum atomic E-state index is -1.01. The normalized spacial score (nSPS) is 14.7. The number of aromatic nitrogens is 2. The molecular formula is C18H14F2N2OS2. The molecular weight excluding hydrogens is 362 g/mol. The Morgan fingerprint density at radius 3 is 2.88 bits per heavy atom. The SMILES string of the molecule is C[C@@H](Sc1ncnc2sc3c(c12)CCC3)C(=O)c1ccc(F)c(F)c1. The van der Waals surface area contributed by atoms with Crippen molar-refractivity contribution in [1.29, 1.82) is 0 Å². The van der Waals surface area contributed by atoms with Gasteiger partial charge >= 0.3 is 0 Å². The average molecular weight is 376 g/mol. The number of benzene rings is 1. The lowest BCUT2D eigenvalue weighted by molar-refractivity contribution is 0.0993. The molecule has 0 N–H and O–H groups in total. The number of fused-ring (bicyclic) bond motifs is 3. The van der Waals surface area contributed by atoms with Crippen LogP contribution in [0, 0.1) is 11.6 Å². The molecule has 2 aromatic heterocycles. The second-order valence-corrected chi connectivity index (χ2v) is 8.38. The first-order valence-corrected chi connectivity index (χ1v) is 9.65. The Bertz CT molecular complexity index is 987. The first-order valence-electron chi connectivity index (χ1n) is 7.95. The molecule has 0 bridgehead atoms. The molecule has 0 amide bonds. The van der Waals surface area contributed by atoms with Gasteiger partial charge in [-0.3, -0.25) is 4.79 Å². The van der Waals surface area contributed by atoms with E-state index in [4.69, 9.17) is 0 Å². The monoisotopic (exact) mass is 376 g/mol. The number of carbonyl (C=O) groups excluding carboxylic acids is 1. The van der Waals surface area contributed by atoms with E-state index in [1.54, 1.807) is 18.3 Å². The van der Waals surface area contributed by atoms with Gasteiger partial charge in [-0.25, -0.2) is 18.7 Å². The van der Waals surface area contributed by atoms with Gasteiger partial charge in [-0.15, -0.1) is 11.3 Å². The average Bonchev–Trinajstić information content (AvgIpc) is 3.17. The quantitative estimate of drug-likeness (QED) is 0.372. The number of rotatable bonds is 4. The van der Waals surface area contributed by atoms with Gasteiger partial charge in [0.1, 0.15) is 16.2 Å². The molecule has 1 aromatic carbocycles. The topological polar surface area (TPSA) is 42.9 Å². The van der Waals surface area contributed by atoms with Gasteiger partial charge in [-0.05, 0) is 49.9 Å². The van der Waals surface area contributed by atoms with Gasteiger partial charge < -0.3 is 0 Å². The van der Waals surface area contributed by atoms with Crippen LogP contribution in [0.5, 0.6) is 0 Å². The van der Waals surface area contributed by atoms with Crippen molar-refractivity contribution in [2.45, 2.75) is 36.5 Å². The van der Waals surface area contributed by atoms with E-state index in [1.165, 1.54) is 34.6 Å². The van der Waals surface area contributed by atoms with Crippen molar-refractivity contribution in [2.24, 2.45) is 0 Å². The second kappa shape index (κ2) is 6.46. The first kappa shape index (κ1) is 16.6. The molecule has 1 aliphatic carbocycles. The fourth-order valence-electron chi connectivity index (χ4n) is 3.09. The van der Waals surface area contributed by atoms with Crippen LogP contribution in [0.2, 0.25) is 0 Å². The lowest BCUT2D eigenvalue weighted by Crippen LogP contribution is -2.14. The summed E-state index contributed by atoms with van der Waals surface area (Å²) in [6, 6.07) is 3.25. The zero-order valence-electron chi connectivity index (χ0n) is 13.4. The number of halogens is 2. The zero-order valence-corrected chi connectivity index (χ0v) is 15.0. The predicted octanol–water partition coefficient (Wildman–Crippen LogP) is 4.82. The molecule has 0 saturated carbocycles. The number of nitrogens with zero attached hydrogens (tertiary/aromatic N) is 2. The molecule has 4 rings (SSSR count). The maximum absolute atomic E-state index is 13.4. The Kier molecular flexibility index (Phi) is 4.29. The molecule has 0 spiro atoms. The summed E-state index contributed by atoms with van der Waals surface area (Å²) in [6.45, 7) is 1.76. The first-order chi connectivity index (χ1) is 12.0. The van der Waals surface area contributed by atoms with Gasteiger partial charge in [0.2, 0.25) is 0 Å². The molecule has 0 radical (unpaired) electrons. The zero-order chi connectivity index (χ0) is 17.6. The smallest absolute Gasteiger partial charge is 0.176 e. The summed E-state index contributed by atoms with van der Waals surface area (Å²) < 4.78 is 26.5. The number of aryl methyl sites for hydroxylation is 2. The minimum absolute atomic E-state index is 0.166. The molecule has 2 heterocycles. The van der Waals surface area contributed by atoms with Gasteiger partial charge in [0.05, 0.1) is 5.25 Å². The predicted molar refractivity (Wildman–Crippen MR) is 95.4 cm³/mol. The maximum atomic E-state index is 13.4. The fraction of sp³-hybridized carbons (Fsp3) is 0.278. The molecule has 3 nitrogen and oxygen atoms in total. The minimum Gasteiger partial charge on any atom is -0.293 e. The number of hydrogen-bond acceptors (Lipinski definition) is 5. The summed E-state index contributed by atoms with van der Waals surface area (Å²) in [4.78, 5) is 23.6. The highest BCUT2D eigenvalue weighted by Gasteiger charge is 2.24. The third-order valence-corrected chi connectivity index (χ3v) is 6.63. The highest BCUT2D eigenvalue weighted by atomic mass is 32.2. The van der Waals surface area contributed by atoms with Crippen LogP contribution in [0.1, 0.15) is 34.1 Å². The lowest BCUT2D eigenvalue weighted by Gasteiger charge is -2.11. The highest BCUT2D eigenvalue weighted by Crippen LogP contribution is 2.41. The van der Waals surface area contributed by atoms with Gasteiger partial charge in [-0.1, -0.05) is 11.8 Å². The number of thiophene rings is 1. The van der Waals surface area contributed by atoms with E-state index < -0.39 is 16.9 Å². The number of thioether (sulfide) groups is 1. The van der Waals surface area contributed by atoms with Crippen molar-refractivity contribution in [2.75, 3.05) is 0 Å². The molecule has 1 aliphatic rings. The summed E-state index contributed by atoms with van der Waals surface area (Å²) in [6.07, 6.45) is 4.75. The van der Waals surface area contributed by atoms with Gasteiger partial charge in [0.25, 0.3) is 0 Å². The Labute approximate surface area is 151 Å². The van der Waals surface area contributed by atoms with Gasteiger partial charge in [0, 0.05) is 15.8 Å². The van der Waals surface area contributed by atoms with Crippen LogP contribution >= 0.6 is 23.1 Å². The van der Waals surface area contributed by atoms with Crippen molar-refractivity contribution in [3.05, 3.63) is 52.2 Å². The van der Waals surface area contributed by atoms with Crippen LogP contribution in [0.15, 0.2) is 29.6 Å². The third kappa shape index (κ3) is 2.95. The summed E-state index contributed by atoms with van der Waals surface area (Å²) in [7, 11) is 0. The fourth-order valence-corrected chi connectivity index (χ4v) is 5.41. The number of hydrogen-bond donors (Lipinski definition) is 0. The Balaban J connectivity index is 1.64. The van der Waals surface area contributed by atoms with E-state index in [1.807, 2.05) is 0 Å². The molecule has 7 heteroatoms. The lowest BCUT2D eigenvalue weighted by atomic mass is 10.1. The summed E-state index contributed by atoms with van der Waals surface area (Å²) in [5, 5.41) is 1.38. The van der Waals surface area contributed by atoms with Crippen LogP contribution in [-0.4, -0.2) is 21.0 Å². The Morgan fingerprint density at radius 2 is 2.08 bits per heavy atom. The van der Waals surface area contributed by atoms with E-state index in [2.05, 4.69) is 9.97 Å². The maximum Gasteiger partial charge on any atom is 0.176 e. The number of ketones is 1. The molecule has 0 unspecified atom stereocenters. The van der Waals surface area contributed by atoms with E-state index in [0.29, 0.717) is 0 Å². The van der Waals surface area contributed by atoms with Crippen molar-refractivity contribution in [1.82, 2.24) is 9.97 Å². The summed E-state index contributed by atoms with van der Waals surface area (Å²) in [5.41, 5.74) is 1.47. The van der Waals surface area contributed by atoms with Crippen molar-refractivity contribution < 1.29 is 13.6 Å². The molecule has 0 aliphatic heterocycles. The number of Topliss-reactive ketones (excluding diaryl/α,β-unsaturated/α-hetero) is 1. The molecule has 3 aromatic rings. The van der Waals surface area contributed by atoms with Crippen LogP contribution in [0.3, 0.4) is 0 Å². The molecule has 128 valence electrons. The van der Waals surface area contributed by atoms with Crippen molar-refractivity contribution in [3.63, 3.8) is 0 Å². The van der Waals surface area contributed by atoms with Gasteiger partial charge in [0.15, 0.2) is 17.4 Å². The Morgan fingerprint density at radius 1 is 1.24 bits per heavy atom. The molecule has 0 fully saturated rings. The van der Waals surface area contributed by atoms with E-state index in [0.717, 1.165) is 46.6 Å². The van der Waals surface area contributed by atoms with Crippen LogP contribution in [0.25, 0.3) is 10.2 Å². The van der Waals surface area contributed by atoms with Crippen molar-refractivity contribution in [3.8, 4) is 0 Å². The van der Waals surface area contributed by atoms with Crippen LogP contribution in [0.4, 0.5) is 8.78 Å². The largest absolute Gasteiger partial charge is 0.293 e. The van der Waals surface area contributed by atoms with Crippen molar-refractivity contribution >= 4 is 39.1 Å². The summed E-state index contributed by atoms with van der Waals surface area (Å²) >= 11 is 3.04. The van der Waals surface area contributed by atoms with E-state index in [-0.39, 0.29) is 11.3 Å². The third-order valence-electron chi connectivity index (χ3n) is 4.33. The molecule has 1 atom stereocenters. The van der Waals surface area contributed by atoms with E-state index >= 15 is 0 Å². The van der Waals surface area contributed by atoms with E-state index in [9.17, 15) is 13.6 Å². The highest BCUT2D eigenvalue weighted by molar-refractivity contribution is 8.00. The second-order valence-electron chi connectivity index (χ2n) is 5.97. The van der Waals surface area contributed by atoms with Gasteiger partial charge in [-0.2, -0.15) is 0 Å². The molecule has 25 heavy (non-hydrogen) atoms. The van der Waals surface area contributed by atoms with Crippen LogP contribution in [-0.2, 0) is 12.8 Å². The number of carbonyl (C=O) groups is 1. The molecule has 0 saturated heterocycles. The van der Waals surface area contributed by atoms with Crippen LogP contribution < -0.4 is 0 Å². The summed E-state index contributed by atoms with van der Waals surface area (Å²) in [5.74, 6) is -2.21. The Hall–Kier alpha value is -1.86.